The Balaban J connectivity index is 2.05. The molecule has 1 atom stereocenters. The Hall–Kier alpha value is -1.33. The molecule has 5 heteroatoms. The van der Waals surface area contributed by atoms with Gasteiger partial charge < -0.3 is 15.0 Å². The van der Waals surface area contributed by atoms with E-state index in [4.69, 9.17) is 10.5 Å². The topological polar surface area (TPSA) is 60.5 Å². The van der Waals surface area contributed by atoms with E-state index >= 15 is 0 Å². The van der Waals surface area contributed by atoms with Crippen molar-refractivity contribution < 1.29 is 4.74 Å². The van der Waals surface area contributed by atoms with Gasteiger partial charge in [0.15, 0.2) is 0 Å². The number of morpholine rings is 1. The summed E-state index contributed by atoms with van der Waals surface area (Å²) in [5.74, 6) is 0. The first kappa shape index (κ1) is 12.1. The highest BCUT2D eigenvalue weighted by molar-refractivity contribution is 5.33. The van der Waals surface area contributed by atoms with Crippen LogP contribution in [0.5, 0.6) is 0 Å². The zero-order valence-corrected chi connectivity index (χ0v) is 10.1. The molecule has 1 fully saturated rings. The fourth-order valence-electron chi connectivity index (χ4n) is 2.09. The van der Waals surface area contributed by atoms with Gasteiger partial charge >= 0.3 is 0 Å². The molecule has 1 unspecified atom stereocenters. The van der Waals surface area contributed by atoms with Gasteiger partial charge in [-0.3, -0.25) is 9.69 Å². The number of anilines is 1. The quantitative estimate of drug-likeness (QED) is 0.813. The third kappa shape index (κ3) is 3.08. The monoisotopic (exact) mass is 237 g/mol. The number of hydrogen-bond donors (Lipinski definition) is 1. The molecule has 1 aliphatic heterocycles. The number of rotatable bonds is 3. The lowest BCUT2D eigenvalue weighted by atomic mass is 10.2. The minimum Gasteiger partial charge on any atom is -0.398 e. The van der Waals surface area contributed by atoms with Gasteiger partial charge in [-0.25, -0.2) is 0 Å². The molecule has 0 bridgehead atoms. The van der Waals surface area contributed by atoms with Crippen LogP contribution < -0.4 is 11.3 Å². The second-order valence-electron chi connectivity index (χ2n) is 4.34. The van der Waals surface area contributed by atoms with Crippen LogP contribution in [0.25, 0.3) is 0 Å². The van der Waals surface area contributed by atoms with Gasteiger partial charge in [0, 0.05) is 31.0 Å². The minimum absolute atomic E-state index is 0.0311. The Morgan fingerprint density at radius 2 is 2.35 bits per heavy atom. The summed E-state index contributed by atoms with van der Waals surface area (Å²) < 4.78 is 7.29. The van der Waals surface area contributed by atoms with Crippen LogP contribution >= 0.6 is 0 Å². The van der Waals surface area contributed by atoms with Crippen molar-refractivity contribution in [3.05, 3.63) is 28.7 Å². The number of nitrogens with two attached hydrogens (primary N) is 1. The molecule has 1 aromatic heterocycles. The largest absolute Gasteiger partial charge is 0.398 e. The van der Waals surface area contributed by atoms with Crippen LogP contribution in [0.2, 0.25) is 0 Å². The van der Waals surface area contributed by atoms with Crippen LogP contribution in [0.3, 0.4) is 0 Å². The van der Waals surface area contributed by atoms with Gasteiger partial charge in [-0.2, -0.15) is 0 Å². The van der Waals surface area contributed by atoms with Crippen LogP contribution in [0.1, 0.15) is 6.92 Å². The van der Waals surface area contributed by atoms with Gasteiger partial charge in [0.25, 0.3) is 5.56 Å². The van der Waals surface area contributed by atoms with Crippen LogP contribution in [-0.2, 0) is 11.3 Å². The molecule has 0 aliphatic carbocycles. The third-order valence-electron chi connectivity index (χ3n) is 3.08. The number of hydrogen-bond acceptors (Lipinski definition) is 4. The first-order chi connectivity index (χ1) is 8.19. The fraction of sp³-hybridized carbons (Fsp3) is 0.583. The Bertz CT molecular complexity index is 430. The van der Waals surface area contributed by atoms with Gasteiger partial charge in [-0.15, -0.1) is 0 Å². The number of nitrogen functional groups attached to an aromatic ring is 1. The highest BCUT2D eigenvalue weighted by Crippen LogP contribution is 2.07. The average Bonchev–Trinajstić information content (AvgIpc) is 2.34. The highest BCUT2D eigenvalue weighted by atomic mass is 16.5. The molecule has 1 aromatic rings. The van der Waals surface area contributed by atoms with Gasteiger partial charge in [0.2, 0.25) is 0 Å². The minimum atomic E-state index is -0.0311. The van der Waals surface area contributed by atoms with E-state index in [2.05, 4.69) is 11.8 Å². The SMILES string of the molecule is CCN1CCOC(Cn2cc(N)ccc2=O)C1. The molecule has 1 aliphatic rings. The molecule has 2 rings (SSSR count). The van der Waals surface area contributed by atoms with Gasteiger partial charge in [-0.1, -0.05) is 6.92 Å². The molecule has 2 N–H and O–H groups in total. The van der Waals surface area contributed by atoms with Crippen LogP contribution in [-0.4, -0.2) is 41.8 Å². The van der Waals surface area contributed by atoms with Crippen molar-refractivity contribution >= 4 is 5.69 Å². The summed E-state index contributed by atoms with van der Waals surface area (Å²) in [5, 5.41) is 0. The summed E-state index contributed by atoms with van der Waals surface area (Å²) in [7, 11) is 0. The van der Waals surface area contributed by atoms with Crippen molar-refractivity contribution in [2.75, 3.05) is 32.0 Å². The summed E-state index contributed by atoms with van der Waals surface area (Å²) in [6, 6.07) is 3.12. The van der Waals surface area contributed by atoms with Crippen LogP contribution in [0, 0.1) is 0 Å². The van der Waals surface area contributed by atoms with Crippen molar-refractivity contribution in [1.82, 2.24) is 9.47 Å². The van der Waals surface area contributed by atoms with E-state index in [1.165, 1.54) is 6.07 Å². The van der Waals surface area contributed by atoms with E-state index in [-0.39, 0.29) is 11.7 Å². The van der Waals surface area contributed by atoms with E-state index in [9.17, 15) is 4.79 Å². The predicted molar refractivity (Wildman–Crippen MR) is 67.0 cm³/mol. The van der Waals surface area contributed by atoms with E-state index < -0.39 is 0 Å². The first-order valence-corrected chi connectivity index (χ1v) is 5.99. The predicted octanol–water partition coefficient (Wildman–Crippen LogP) is 0.151. The molecule has 0 amide bonds. The van der Waals surface area contributed by atoms with Crippen molar-refractivity contribution in [2.24, 2.45) is 0 Å². The van der Waals surface area contributed by atoms with Crippen molar-refractivity contribution in [1.29, 1.82) is 0 Å². The maximum Gasteiger partial charge on any atom is 0.250 e. The zero-order valence-electron chi connectivity index (χ0n) is 10.1. The highest BCUT2D eigenvalue weighted by Gasteiger charge is 2.19. The number of aromatic nitrogens is 1. The second kappa shape index (κ2) is 5.33. The lowest BCUT2D eigenvalue weighted by molar-refractivity contribution is -0.0346. The van der Waals surface area contributed by atoms with E-state index in [0.29, 0.717) is 12.2 Å². The van der Waals surface area contributed by atoms with E-state index in [1.807, 2.05) is 0 Å². The molecule has 0 radical (unpaired) electrons. The lowest BCUT2D eigenvalue weighted by Crippen LogP contribution is -2.44. The number of ether oxygens (including phenoxy) is 1. The first-order valence-electron chi connectivity index (χ1n) is 5.99. The molecule has 0 saturated carbocycles. The van der Waals surface area contributed by atoms with Gasteiger partial charge in [0.05, 0.1) is 19.3 Å². The summed E-state index contributed by atoms with van der Waals surface area (Å²) in [5.41, 5.74) is 6.25. The lowest BCUT2D eigenvalue weighted by Gasteiger charge is -2.32. The molecular formula is C12H19N3O2. The van der Waals surface area contributed by atoms with Gasteiger partial charge in [0.1, 0.15) is 0 Å². The van der Waals surface area contributed by atoms with Crippen molar-refractivity contribution in [3.63, 3.8) is 0 Å². The Labute approximate surface area is 101 Å². The second-order valence-corrected chi connectivity index (χ2v) is 4.34. The fourth-order valence-corrected chi connectivity index (χ4v) is 2.09. The zero-order chi connectivity index (χ0) is 12.3. The molecule has 17 heavy (non-hydrogen) atoms. The molecule has 1 saturated heterocycles. The third-order valence-corrected chi connectivity index (χ3v) is 3.08. The Morgan fingerprint density at radius 1 is 1.53 bits per heavy atom. The Morgan fingerprint density at radius 3 is 3.12 bits per heavy atom. The van der Waals surface area contributed by atoms with Gasteiger partial charge in [-0.05, 0) is 12.6 Å². The van der Waals surface area contributed by atoms with Crippen LogP contribution in [0.15, 0.2) is 23.1 Å². The maximum absolute atomic E-state index is 11.6. The number of nitrogens with zero attached hydrogens (tertiary/aromatic N) is 2. The molecule has 94 valence electrons. The van der Waals surface area contributed by atoms with Crippen molar-refractivity contribution in [2.45, 2.75) is 19.6 Å². The molecule has 5 nitrogen and oxygen atoms in total. The molecule has 0 aromatic carbocycles. The smallest absolute Gasteiger partial charge is 0.250 e. The van der Waals surface area contributed by atoms with Crippen molar-refractivity contribution in [3.8, 4) is 0 Å². The molecule has 2 heterocycles. The maximum atomic E-state index is 11.6. The summed E-state index contributed by atoms with van der Waals surface area (Å²) in [6.07, 6.45) is 1.75. The molecule has 0 spiro atoms. The van der Waals surface area contributed by atoms with E-state index in [0.717, 1.165) is 26.2 Å². The summed E-state index contributed by atoms with van der Waals surface area (Å²) in [4.78, 5) is 14.0. The van der Waals surface area contributed by atoms with E-state index in [1.54, 1.807) is 16.8 Å². The normalized spacial score (nSPS) is 21.6. The molecular weight excluding hydrogens is 218 g/mol. The summed E-state index contributed by atoms with van der Waals surface area (Å²) in [6.45, 7) is 6.30. The Kier molecular flexibility index (Phi) is 3.81. The standard InChI is InChI=1S/C12H19N3O2/c1-2-14-5-6-17-11(8-14)9-15-7-10(13)3-4-12(15)16/h3-4,7,11H,2,5-6,8-9,13H2,1H3. The number of pyridine rings is 1. The van der Waals surface area contributed by atoms with Crippen LogP contribution in [0.4, 0.5) is 5.69 Å². The summed E-state index contributed by atoms with van der Waals surface area (Å²) >= 11 is 0. The average molecular weight is 237 g/mol. The number of likely N-dealkylation sites (N-methyl/N-ethyl adjacent to an activating group) is 1.